The summed E-state index contributed by atoms with van der Waals surface area (Å²) < 4.78 is 0. The summed E-state index contributed by atoms with van der Waals surface area (Å²) in [5.74, 6) is -0.452. The normalized spacial score (nSPS) is 9.88. The van der Waals surface area contributed by atoms with Crippen LogP contribution in [-0.2, 0) is 4.79 Å². The zero-order valence-electron chi connectivity index (χ0n) is 9.49. The van der Waals surface area contributed by atoms with Gasteiger partial charge in [-0.25, -0.2) is 0 Å². The van der Waals surface area contributed by atoms with Gasteiger partial charge in [0, 0.05) is 5.70 Å². The number of hydrazine groups is 1. The van der Waals surface area contributed by atoms with E-state index in [1.54, 1.807) is 18.2 Å². The number of carbonyl (C=O) groups excluding carboxylic acids is 1. The zero-order valence-corrected chi connectivity index (χ0v) is 10.3. The average Bonchev–Trinajstić information content (AvgIpc) is 2.27. The smallest absolute Gasteiger partial charge is 0.252 e. The van der Waals surface area contributed by atoms with Gasteiger partial charge in [0.05, 0.1) is 6.07 Å². The van der Waals surface area contributed by atoms with Crippen molar-refractivity contribution in [1.29, 1.82) is 5.26 Å². The third-order valence-corrected chi connectivity index (χ3v) is 1.63. The molecule has 90 valence electrons. The summed E-state index contributed by atoms with van der Waals surface area (Å²) in [6.45, 7) is 5.61. The molecule has 17 heavy (non-hydrogen) atoms. The van der Waals surface area contributed by atoms with Gasteiger partial charge in [-0.3, -0.25) is 15.6 Å². The molecule has 0 fully saturated rings. The lowest BCUT2D eigenvalue weighted by Gasteiger charge is -2.10. The van der Waals surface area contributed by atoms with Gasteiger partial charge in [-0.2, -0.15) is 5.26 Å². The monoisotopic (exact) mass is 250 g/mol. The molecule has 0 aliphatic heterocycles. The Bertz CT molecular complexity index is 393. The van der Waals surface area contributed by atoms with Crippen molar-refractivity contribution in [1.82, 2.24) is 16.2 Å². The molecule has 0 spiro atoms. The highest BCUT2D eigenvalue weighted by atomic mass is 32.1. The van der Waals surface area contributed by atoms with Crippen LogP contribution in [0.5, 0.6) is 0 Å². The minimum absolute atomic E-state index is 0.200. The topological polar surface area (TPSA) is 76.9 Å². The average molecular weight is 250 g/mol. The number of allylic oxidation sites excluding steroid dienone is 4. The molecule has 0 heterocycles. The Hall–Kier alpha value is -2.13. The second-order valence-electron chi connectivity index (χ2n) is 2.87. The van der Waals surface area contributed by atoms with Gasteiger partial charge < -0.3 is 5.32 Å². The third-order valence-electron chi connectivity index (χ3n) is 1.43. The predicted molar refractivity (Wildman–Crippen MR) is 70.3 cm³/mol. The lowest BCUT2D eigenvalue weighted by atomic mass is 10.4. The minimum Gasteiger partial charge on any atom is -0.332 e. The maximum atomic E-state index is 10.9. The number of nitrogens with zero attached hydrogens (tertiary/aromatic N) is 1. The molecule has 0 rings (SSSR count). The van der Waals surface area contributed by atoms with Crippen LogP contribution in [0.15, 0.2) is 36.6 Å². The SMILES string of the molecule is C=C(/C=C\C=C/C)NC(=S)NNC(=O)CC#N. The van der Waals surface area contributed by atoms with E-state index in [0.717, 1.165) is 0 Å². The molecule has 0 saturated heterocycles. The summed E-state index contributed by atoms with van der Waals surface area (Å²) in [6.07, 6.45) is 7.02. The van der Waals surface area contributed by atoms with Gasteiger partial charge in [0.15, 0.2) is 5.11 Å². The fourth-order valence-corrected chi connectivity index (χ4v) is 0.926. The van der Waals surface area contributed by atoms with E-state index in [2.05, 4.69) is 22.7 Å². The molecule has 0 unspecified atom stereocenters. The Balaban J connectivity index is 3.91. The minimum atomic E-state index is -0.452. The number of rotatable bonds is 4. The number of carbonyl (C=O) groups is 1. The molecule has 0 radical (unpaired) electrons. The van der Waals surface area contributed by atoms with E-state index >= 15 is 0 Å². The Morgan fingerprint density at radius 3 is 2.76 bits per heavy atom. The van der Waals surface area contributed by atoms with Crippen molar-refractivity contribution in [2.24, 2.45) is 0 Å². The maximum Gasteiger partial charge on any atom is 0.252 e. The molecule has 0 bridgehead atoms. The Kier molecular flexibility index (Phi) is 7.98. The van der Waals surface area contributed by atoms with Gasteiger partial charge in [-0.1, -0.05) is 24.8 Å². The number of hydrogen-bond acceptors (Lipinski definition) is 3. The van der Waals surface area contributed by atoms with E-state index < -0.39 is 5.91 Å². The van der Waals surface area contributed by atoms with Crippen molar-refractivity contribution in [2.75, 3.05) is 0 Å². The molecule has 0 aliphatic rings. The number of nitriles is 1. The van der Waals surface area contributed by atoms with Crippen LogP contribution >= 0.6 is 12.2 Å². The highest BCUT2D eigenvalue weighted by Gasteiger charge is 2.00. The quantitative estimate of drug-likeness (QED) is 0.395. The summed E-state index contributed by atoms with van der Waals surface area (Å²) in [5, 5.41) is 11.2. The van der Waals surface area contributed by atoms with E-state index in [4.69, 9.17) is 17.5 Å². The fraction of sp³-hybridized carbons (Fsp3) is 0.182. The van der Waals surface area contributed by atoms with Crippen LogP contribution in [0.1, 0.15) is 13.3 Å². The molecule has 1 amide bonds. The molecule has 0 aromatic rings. The Labute approximate surface area is 106 Å². The molecule has 0 aromatic carbocycles. The van der Waals surface area contributed by atoms with Gasteiger partial charge in [0.25, 0.3) is 5.91 Å². The van der Waals surface area contributed by atoms with Crippen molar-refractivity contribution < 1.29 is 4.79 Å². The first-order valence-corrected chi connectivity index (χ1v) is 5.22. The molecular weight excluding hydrogens is 236 g/mol. The summed E-state index contributed by atoms with van der Waals surface area (Å²) in [5.41, 5.74) is 5.29. The van der Waals surface area contributed by atoms with Crippen LogP contribution in [0.4, 0.5) is 0 Å². The second-order valence-corrected chi connectivity index (χ2v) is 3.28. The van der Waals surface area contributed by atoms with Crippen LogP contribution in [0.3, 0.4) is 0 Å². The maximum absolute atomic E-state index is 10.9. The number of thiocarbonyl (C=S) groups is 1. The van der Waals surface area contributed by atoms with Crippen LogP contribution in [0, 0.1) is 11.3 Å². The number of nitrogens with one attached hydrogen (secondary N) is 3. The van der Waals surface area contributed by atoms with Gasteiger partial charge >= 0.3 is 0 Å². The molecule has 0 saturated carbocycles. The Morgan fingerprint density at radius 2 is 2.18 bits per heavy atom. The van der Waals surface area contributed by atoms with E-state index in [0.29, 0.717) is 5.70 Å². The number of hydrogen-bond donors (Lipinski definition) is 3. The highest BCUT2D eigenvalue weighted by molar-refractivity contribution is 7.80. The van der Waals surface area contributed by atoms with Crippen LogP contribution in [0.25, 0.3) is 0 Å². The summed E-state index contributed by atoms with van der Waals surface area (Å²) in [7, 11) is 0. The van der Waals surface area contributed by atoms with E-state index in [9.17, 15) is 4.79 Å². The van der Waals surface area contributed by atoms with Crippen LogP contribution in [-0.4, -0.2) is 11.0 Å². The molecule has 0 aromatic heterocycles. The van der Waals surface area contributed by atoms with Gasteiger partial charge in [0.2, 0.25) is 0 Å². The summed E-state index contributed by atoms with van der Waals surface area (Å²) in [4.78, 5) is 10.9. The van der Waals surface area contributed by atoms with Gasteiger partial charge in [-0.05, 0) is 25.2 Å². The van der Waals surface area contributed by atoms with Crippen molar-refractivity contribution in [2.45, 2.75) is 13.3 Å². The zero-order chi connectivity index (χ0) is 13.1. The van der Waals surface area contributed by atoms with Gasteiger partial charge in [0.1, 0.15) is 6.42 Å². The molecule has 0 aliphatic carbocycles. The highest BCUT2D eigenvalue weighted by Crippen LogP contribution is 1.88. The van der Waals surface area contributed by atoms with Crippen molar-refractivity contribution >= 4 is 23.2 Å². The third kappa shape index (κ3) is 8.84. The van der Waals surface area contributed by atoms with E-state index in [-0.39, 0.29) is 11.5 Å². The second kappa shape index (κ2) is 9.12. The van der Waals surface area contributed by atoms with Gasteiger partial charge in [-0.15, -0.1) is 0 Å². The first-order valence-electron chi connectivity index (χ1n) is 4.81. The number of amides is 1. The lowest BCUT2D eigenvalue weighted by Crippen LogP contribution is -2.46. The lowest BCUT2D eigenvalue weighted by molar-refractivity contribution is -0.120. The molecule has 3 N–H and O–H groups in total. The molecule has 6 heteroatoms. The molecule has 5 nitrogen and oxygen atoms in total. The van der Waals surface area contributed by atoms with E-state index in [1.807, 2.05) is 19.1 Å². The van der Waals surface area contributed by atoms with Crippen molar-refractivity contribution in [3.05, 3.63) is 36.6 Å². The van der Waals surface area contributed by atoms with Crippen LogP contribution in [0.2, 0.25) is 0 Å². The standard InChI is InChI=1S/C11H14N4OS/c1-3-4-5-6-9(2)13-11(17)15-14-10(16)7-8-12/h3-6H,2,7H2,1H3,(H,14,16)(H2,13,15,17)/b4-3-,6-5-. The van der Waals surface area contributed by atoms with E-state index in [1.165, 1.54) is 0 Å². The largest absolute Gasteiger partial charge is 0.332 e. The van der Waals surface area contributed by atoms with Crippen molar-refractivity contribution in [3.63, 3.8) is 0 Å². The first kappa shape index (κ1) is 14.9. The van der Waals surface area contributed by atoms with Crippen LogP contribution < -0.4 is 16.2 Å². The molecule has 0 atom stereocenters. The Morgan fingerprint density at radius 1 is 1.47 bits per heavy atom. The fourth-order valence-electron chi connectivity index (χ4n) is 0.744. The summed E-state index contributed by atoms with van der Waals surface area (Å²) >= 11 is 4.88. The summed E-state index contributed by atoms with van der Waals surface area (Å²) in [6, 6.07) is 1.71. The van der Waals surface area contributed by atoms with Crippen molar-refractivity contribution in [3.8, 4) is 6.07 Å². The predicted octanol–water partition coefficient (Wildman–Crippen LogP) is 1.04. The molecular formula is C11H14N4OS. The first-order chi connectivity index (χ1) is 8.10.